The predicted octanol–water partition coefficient (Wildman–Crippen LogP) is 4.64. The number of hydrogen-bond acceptors (Lipinski definition) is 4. The lowest BCUT2D eigenvalue weighted by molar-refractivity contribution is 0.0599. The van der Waals surface area contributed by atoms with Crippen molar-refractivity contribution >= 4 is 17.6 Å². The van der Waals surface area contributed by atoms with E-state index < -0.39 is 5.97 Å². The van der Waals surface area contributed by atoms with Gasteiger partial charge in [0.2, 0.25) is 0 Å². The van der Waals surface area contributed by atoms with Gasteiger partial charge in [-0.25, -0.2) is 9.59 Å². The second kappa shape index (κ2) is 7.02. The molecule has 0 spiro atoms. The lowest BCUT2D eigenvalue weighted by Crippen LogP contribution is -2.31. The number of carbonyl (C=O) groups excluding carboxylic acids is 1. The number of carbonyl (C=O) groups is 2. The molecule has 0 fully saturated rings. The molecule has 1 aliphatic heterocycles. The molecular weight excluding hydrogens is 378 g/mol. The van der Waals surface area contributed by atoms with Gasteiger partial charge in [-0.1, -0.05) is 48.5 Å². The number of esters is 1. The normalized spacial score (nSPS) is 21.0. The van der Waals surface area contributed by atoms with Crippen LogP contribution in [0.3, 0.4) is 0 Å². The van der Waals surface area contributed by atoms with Gasteiger partial charge in [0.15, 0.2) is 0 Å². The number of carboxylic acids is 1. The fourth-order valence-electron chi connectivity index (χ4n) is 5.04. The van der Waals surface area contributed by atoms with Crippen LogP contribution >= 0.6 is 0 Å². The third-order valence-corrected chi connectivity index (χ3v) is 6.35. The van der Waals surface area contributed by atoms with E-state index in [0.29, 0.717) is 11.3 Å². The highest BCUT2D eigenvalue weighted by Gasteiger charge is 2.44. The number of anilines is 1. The summed E-state index contributed by atoms with van der Waals surface area (Å²) in [6.07, 6.45) is 0.911. The highest BCUT2D eigenvalue weighted by molar-refractivity contribution is 5.96. The van der Waals surface area contributed by atoms with Crippen molar-refractivity contribution in [2.75, 3.05) is 12.4 Å². The maximum Gasteiger partial charge on any atom is 0.337 e. The van der Waals surface area contributed by atoms with Crippen LogP contribution in [0.25, 0.3) is 0 Å². The summed E-state index contributed by atoms with van der Waals surface area (Å²) in [6, 6.07) is 21.2. The first-order valence-electron chi connectivity index (χ1n) is 9.97. The molecule has 0 bridgehead atoms. The van der Waals surface area contributed by atoms with Gasteiger partial charge in [0.1, 0.15) is 0 Å². The van der Waals surface area contributed by atoms with Gasteiger partial charge in [0, 0.05) is 5.92 Å². The SMILES string of the molecule is COC(=O)c1ccc([C@@H]2Nc3c(C(=O)O)cccc3[C@@H]3c4ccccc4C[C@H]32)cc1. The predicted molar refractivity (Wildman–Crippen MR) is 113 cm³/mol. The van der Waals surface area contributed by atoms with E-state index >= 15 is 0 Å². The number of hydrogen-bond donors (Lipinski definition) is 2. The van der Waals surface area contributed by atoms with E-state index in [9.17, 15) is 14.7 Å². The highest BCUT2D eigenvalue weighted by atomic mass is 16.5. The Labute approximate surface area is 174 Å². The average molecular weight is 399 g/mol. The fraction of sp³-hybridized carbons (Fsp3) is 0.200. The largest absolute Gasteiger partial charge is 0.478 e. The Kier molecular flexibility index (Phi) is 4.31. The molecule has 0 saturated carbocycles. The number of aromatic carboxylic acids is 1. The van der Waals surface area contributed by atoms with E-state index in [4.69, 9.17) is 4.74 Å². The van der Waals surface area contributed by atoms with Gasteiger partial charge in [0.25, 0.3) is 0 Å². The average Bonchev–Trinajstić information content (AvgIpc) is 3.17. The van der Waals surface area contributed by atoms with Crippen molar-refractivity contribution in [1.82, 2.24) is 0 Å². The molecule has 150 valence electrons. The Morgan fingerprint density at radius 2 is 1.70 bits per heavy atom. The molecular formula is C25H21NO4. The molecule has 2 aliphatic rings. The zero-order valence-corrected chi connectivity index (χ0v) is 16.5. The molecule has 0 radical (unpaired) electrons. The van der Waals surface area contributed by atoms with Gasteiger partial charge >= 0.3 is 11.9 Å². The van der Waals surface area contributed by atoms with Crippen molar-refractivity contribution in [2.45, 2.75) is 18.4 Å². The minimum Gasteiger partial charge on any atom is -0.478 e. The van der Waals surface area contributed by atoms with Crippen LogP contribution in [0.2, 0.25) is 0 Å². The molecule has 0 saturated heterocycles. The van der Waals surface area contributed by atoms with Gasteiger partial charge in [-0.2, -0.15) is 0 Å². The number of benzene rings is 3. The van der Waals surface area contributed by atoms with Gasteiger partial charge in [-0.3, -0.25) is 0 Å². The van der Waals surface area contributed by atoms with Crippen molar-refractivity contribution in [1.29, 1.82) is 0 Å². The van der Waals surface area contributed by atoms with E-state index in [0.717, 1.165) is 17.5 Å². The Bertz CT molecular complexity index is 1150. The summed E-state index contributed by atoms with van der Waals surface area (Å²) in [7, 11) is 1.36. The zero-order valence-electron chi connectivity index (χ0n) is 16.5. The van der Waals surface area contributed by atoms with Crippen LogP contribution in [0.4, 0.5) is 5.69 Å². The van der Waals surface area contributed by atoms with Crippen LogP contribution in [0.15, 0.2) is 66.7 Å². The first kappa shape index (κ1) is 18.4. The van der Waals surface area contributed by atoms with E-state index in [2.05, 4.69) is 23.5 Å². The maximum atomic E-state index is 11.9. The fourth-order valence-corrected chi connectivity index (χ4v) is 5.04. The molecule has 5 heteroatoms. The zero-order chi connectivity index (χ0) is 20.8. The van der Waals surface area contributed by atoms with Crippen LogP contribution in [0, 0.1) is 5.92 Å². The number of ether oxygens (including phenoxy) is 1. The van der Waals surface area contributed by atoms with Crippen molar-refractivity contribution < 1.29 is 19.4 Å². The second-order valence-corrected chi connectivity index (χ2v) is 7.86. The van der Waals surface area contributed by atoms with Crippen LogP contribution in [-0.4, -0.2) is 24.2 Å². The molecule has 0 unspecified atom stereocenters. The van der Waals surface area contributed by atoms with Crippen molar-refractivity contribution in [3.8, 4) is 0 Å². The lowest BCUT2D eigenvalue weighted by Gasteiger charge is -2.38. The maximum absolute atomic E-state index is 11.9. The van der Waals surface area contributed by atoms with Crippen LogP contribution in [0.5, 0.6) is 0 Å². The highest BCUT2D eigenvalue weighted by Crippen LogP contribution is 2.54. The molecule has 0 amide bonds. The van der Waals surface area contributed by atoms with Crippen LogP contribution < -0.4 is 5.32 Å². The van der Waals surface area contributed by atoms with Gasteiger partial charge in [-0.05, 0) is 52.8 Å². The summed E-state index contributed by atoms with van der Waals surface area (Å²) in [5.41, 5.74) is 6.10. The Morgan fingerprint density at radius 1 is 0.967 bits per heavy atom. The molecule has 1 aliphatic carbocycles. The number of para-hydroxylation sites is 1. The molecule has 0 aromatic heterocycles. The number of methoxy groups -OCH3 is 1. The minimum atomic E-state index is -0.941. The quantitative estimate of drug-likeness (QED) is 0.628. The Morgan fingerprint density at radius 3 is 2.43 bits per heavy atom. The van der Waals surface area contributed by atoms with Gasteiger partial charge in [-0.15, -0.1) is 0 Å². The van der Waals surface area contributed by atoms with Crippen molar-refractivity contribution in [3.05, 3.63) is 100 Å². The molecule has 5 rings (SSSR count). The standard InChI is InChI=1S/C25H21NO4/c1-30-25(29)15-11-9-14(10-12-15)22-20-13-16-5-2-3-6-17(16)21(20)18-7-4-8-19(24(27)28)23(18)26-22/h2-12,20-22,26H,13H2,1H3,(H,27,28)/t20-,21+,22+/m1/s1. The van der Waals surface area contributed by atoms with E-state index in [-0.39, 0.29) is 29.4 Å². The van der Waals surface area contributed by atoms with Gasteiger partial charge in [0.05, 0.1) is 30.0 Å². The van der Waals surface area contributed by atoms with E-state index in [1.54, 1.807) is 18.2 Å². The summed E-state index contributed by atoms with van der Waals surface area (Å²) in [5.74, 6) is -0.934. The van der Waals surface area contributed by atoms with E-state index in [1.165, 1.54) is 18.2 Å². The molecule has 3 aromatic rings. The summed E-state index contributed by atoms with van der Waals surface area (Å²) in [5, 5.41) is 13.3. The number of carboxylic acid groups (broad SMARTS) is 1. The Hall–Kier alpha value is -3.60. The van der Waals surface area contributed by atoms with Crippen LogP contribution in [-0.2, 0) is 11.2 Å². The molecule has 3 aromatic carbocycles. The number of nitrogens with one attached hydrogen (secondary N) is 1. The van der Waals surface area contributed by atoms with Crippen molar-refractivity contribution in [3.63, 3.8) is 0 Å². The lowest BCUT2D eigenvalue weighted by atomic mass is 9.75. The van der Waals surface area contributed by atoms with Gasteiger partial charge < -0.3 is 15.2 Å². The first-order chi connectivity index (χ1) is 14.6. The monoisotopic (exact) mass is 399 g/mol. The molecule has 30 heavy (non-hydrogen) atoms. The summed E-state index contributed by atoms with van der Waals surface area (Å²) < 4.78 is 4.80. The van der Waals surface area contributed by atoms with Crippen LogP contribution in [0.1, 0.15) is 54.9 Å². The second-order valence-electron chi connectivity index (χ2n) is 7.86. The third kappa shape index (κ3) is 2.77. The molecule has 5 nitrogen and oxygen atoms in total. The summed E-state index contributed by atoms with van der Waals surface area (Å²) in [4.78, 5) is 23.7. The molecule has 1 heterocycles. The first-order valence-corrected chi connectivity index (χ1v) is 9.97. The van der Waals surface area contributed by atoms with Crippen molar-refractivity contribution in [2.24, 2.45) is 5.92 Å². The summed E-state index contributed by atoms with van der Waals surface area (Å²) >= 11 is 0. The van der Waals surface area contributed by atoms with E-state index in [1.807, 2.05) is 30.3 Å². The topological polar surface area (TPSA) is 75.6 Å². The number of rotatable bonds is 3. The minimum absolute atomic E-state index is 0.0675. The smallest absolute Gasteiger partial charge is 0.337 e. The number of fused-ring (bicyclic) bond motifs is 5. The summed E-state index contributed by atoms with van der Waals surface area (Å²) in [6.45, 7) is 0. The molecule has 2 N–H and O–H groups in total. The third-order valence-electron chi connectivity index (χ3n) is 6.35. The molecule has 3 atom stereocenters. The Balaban J connectivity index is 1.64.